The van der Waals surface area contributed by atoms with Crippen molar-refractivity contribution >= 4 is 6.47 Å². The minimum absolute atomic E-state index is 0.250. The van der Waals surface area contributed by atoms with Gasteiger partial charge >= 0.3 is 6.36 Å². The van der Waals surface area contributed by atoms with Gasteiger partial charge in [0, 0.05) is 0 Å². The van der Waals surface area contributed by atoms with Gasteiger partial charge in [-0.1, -0.05) is 0 Å². The topological polar surface area (TPSA) is 46.5 Å². The predicted molar refractivity (Wildman–Crippen MR) is 26.4 cm³/mol. The number of rotatable bonds is 1. The van der Waals surface area contributed by atoms with Crippen LogP contribution in [0.25, 0.3) is 0 Å². The van der Waals surface area contributed by atoms with Gasteiger partial charge in [0.1, 0.15) is 0 Å². The van der Waals surface area contributed by atoms with Crippen molar-refractivity contribution in [2.75, 3.05) is 6.61 Å². The van der Waals surface area contributed by atoms with Gasteiger partial charge in [-0.3, -0.25) is 9.53 Å². The van der Waals surface area contributed by atoms with Crippen molar-refractivity contribution in [2.24, 2.45) is 0 Å². The zero-order valence-electron chi connectivity index (χ0n) is 5.18. The molecule has 62 valence electrons. The highest BCUT2D eigenvalue weighted by Gasteiger charge is 2.27. The maximum absolute atomic E-state index is 10.8. The van der Waals surface area contributed by atoms with Gasteiger partial charge in [0.2, 0.25) is 0 Å². The molecular weight excluding hydrogens is 153 g/mol. The minimum Gasteiger partial charge on any atom is -0.483 e. The molecular formula is C4H7F3O3. The molecule has 0 amide bonds. The van der Waals surface area contributed by atoms with Gasteiger partial charge in [-0.05, 0) is 6.92 Å². The summed E-state index contributed by atoms with van der Waals surface area (Å²) in [6.45, 7) is 0.719. The molecule has 0 aliphatic rings. The Morgan fingerprint density at radius 2 is 1.90 bits per heavy atom. The van der Waals surface area contributed by atoms with Crippen LogP contribution in [0.2, 0.25) is 0 Å². The first-order chi connectivity index (χ1) is 4.47. The summed E-state index contributed by atoms with van der Waals surface area (Å²) in [5.74, 6) is 0. The third kappa shape index (κ3) is 26.9. The van der Waals surface area contributed by atoms with E-state index in [1.165, 1.54) is 6.92 Å². The maximum Gasteiger partial charge on any atom is 0.522 e. The summed E-state index contributed by atoms with van der Waals surface area (Å²) in [7, 11) is 0. The van der Waals surface area contributed by atoms with Crippen LogP contribution in [0.3, 0.4) is 0 Å². The first kappa shape index (κ1) is 12.0. The average Bonchev–Trinajstić information content (AvgIpc) is 1.63. The zero-order chi connectivity index (χ0) is 8.62. The lowest BCUT2D eigenvalue weighted by atomic mass is 10.9. The fraction of sp³-hybridized carbons (Fsp3) is 0.750. The second-order valence-corrected chi connectivity index (χ2v) is 0.984. The molecule has 0 spiro atoms. The highest BCUT2D eigenvalue weighted by atomic mass is 19.4. The summed E-state index contributed by atoms with van der Waals surface area (Å²) >= 11 is 0. The highest BCUT2D eigenvalue weighted by molar-refractivity contribution is 5.32. The van der Waals surface area contributed by atoms with Gasteiger partial charge in [-0.15, -0.1) is 13.2 Å². The van der Waals surface area contributed by atoms with Crippen molar-refractivity contribution < 1.29 is 27.8 Å². The molecule has 1 N–H and O–H groups in total. The van der Waals surface area contributed by atoms with E-state index < -0.39 is 6.36 Å². The molecule has 10 heavy (non-hydrogen) atoms. The van der Waals surface area contributed by atoms with Crippen molar-refractivity contribution in [3.05, 3.63) is 0 Å². The van der Waals surface area contributed by atoms with Crippen LogP contribution in [0.15, 0.2) is 0 Å². The van der Waals surface area contributed by atoms with E-state index in [1.54, 1.807) is 0 Å². The number of alkyl halides is 3. The minimum atomic E-state index is -4.45. The standard InChI is InChI=1S/C3H5F3O.CH2O2/c1-2-7-3(4,5)6;2-1-3/h2H2,1H3;1H,(H,2,3). The summed E-state index contributed by atoms with van der Waals surface area (Å²) in [5.41, 5.74) is 0. The lowest BCUT2D eigenvalue weighted by molar-refractivity contribution is -0.322. The number of hydrogen-bond donors (Lipinski definition) is 1. The van der Waals surface area contributed by atoms with Crippen LogP contribution in [0, 0.1) is 0 Å². The van der Waals surface area contributed by atoms with Crippen LogP contribution in [-0.4, -0.2) is 24.5 Å². The van der Waals surface area contributed by atoms with E-state index in [2.05, 4.69) is 4.74 Å². The predicted octanol–water partition coefficient (Wildman–Crippen LogP) is 1.24. The molecule has 0 aromatic rings. The number of carboxylic acid groups (broad SMARTS) is 1. The molecule has 0 heterocycles. The van der Waals surface area contributed by atoms with Gasteiger partial charge in [-0.2, -0.15) is 0 Å². The Morgan fingerprint density at radius 3 is 1.90 bits per heavy atom. The lowest BCUT2D eigenvalue weighted by Gasteiger charge is -2.01. The fourth-order valence-corrected chi connectivity index (χ4v) is 0.164. The molecule has 0 aromatic carbocycles. The number of carbonyl (C=O) groups is 1. The Labute approximate surface area is 55.4 Å². The molecule has 0 atom stereocenters. The summed E-state index contributed by atoms with van der Waals surface area (Å²) in [6.07, 6.45) is -4.45. The van der Waals surface area contributed by atoms with E-state index >= 15 is 0 Å². The largest absolute Gasteiger partial charge is 0.522 e. The van der Waals surface area contributed by atoms with Crippen molar-refractivity contribution in [3.63, 3.8) is 0 Å². The third-order valence-electron chi connectivity index (χ3n) is 0.308. The van der Waals surface area contributed by atoms with Gasteiger partial charge in [0.05, 0.1) is 6.61 Å². The van der Waals surface area contributed by atoms with Crippen molar-refractivity contribution in [2.45, 2.75) is 13.3 Å². The molecule has 0 radical (unpaired) electrons. The molecule has 0 rings (SSSR count). The van der Waals surface area contributed by atoms with Crippen molar-refractivity contribution in [1.29, 1.82) is 0 Å². The van der Waals surface area contributed by atoms with E-state index in [-0.39, 0.29) is 13.1 Å². The SMILES string of the molecule is CCOC(F)(F)F.O=CO. The molecule has 0 bridgehead atoms. The smallest absolute Gasteiger partial charge is 0.483 e. The number of hydrogen-bond acceptors (Lipinski definition) is 2. The van der Waals surface area contributed by atoms with Gasteiger partial charge in [0.25, 0.3) is 6.47 Å². The van der Waals surface area contributed by atoms with Crippen LogP contribution in [0.5, 0.6) is 0 Å². The Hall–Kier alpha value is -0.780. The first-order valence-electron chi connectivity index (χ1n) is 2.26. The summed E-state index contributed by atoms with van der Waals surface area (Å²) in [6, 6.07) is 0. The molecule has 0 aliphatic carbocycles. The Morgan fingerprint density at radius 1 is 1.60 bits per heavy atom. The Balaban J connectivity index is 0. The van der Waals surface area contributed by atoms with Crippen LogP contribution in [0.4, 0.5) is 13.2 Å². The van der Waals surface area contributed by atoms with Gasteiger partial charge in [-0.25, -0.2) is 0 Å². The fourth-order valence-electron chi connectivity index (χ4n) is 0.164. The highest BCUT2D eigenvalue weighted by Crippen LogP contribution is 2.14. The van der Waals surface area contributed by atoms with E-state index in [0.29, 0.717) is 0 Å². The molecule has 0 fully saturated rings. The second kappa shape index (κ2) is 6.34. The van der Waals surface area contributed by atoms with E-state index in [4.69, 9.17) is 9.90 Å². The normalized spacial score (nSPS) is 9.60. The number of ether oxygens (including phenoxy) is 1. The van der Waals surface area contributed by atoms with Crippen LogP contribution < -0.4 is 0 Å². The molecule has 0 aliphatic heterocycles. The molecule has 0 saturated carbocycles. The van der Waals surface area contributed by atoms with E-state index in [1.807, 2.05) is 0 Å². The molecule has 3 nitrogen and oxygen atoms in total. The molecule has 6 heteroatoms. The summed E-state index contributed by atoms with van der Waals surface area (Å²) < 4.78 is 35.7. The lowest BCUT2D eigenvalue weighted by Crippen LogP contribution is -2.12. The van der Waals surface area contributed by atoms with Crippen molar-refractivity contribution in [3.8, 4) is 0 Å². The summed E-state index contributed by atoms with van der Waals surface area (Å²) in [5, 5.41) is 6.89. The number of halogens is 3. The van der Waals surface area contributed by atoms with Gasteiger partial charge < -0.3 is 5.11 Å². The zero-order valence-corrected chi connectivity index (χ0v) is 5.18. The molecule has 0 unspecified atom stereocenters. The Bertz CT molecular complexity index is 80.3. The van der Waals surface area contributed by atoms with Crippen LogP contribution in [0.1, 0.15) is 6.92 Å². The quantitative estimate of drug-likeness (QED) is 0.587. The van der Waals surface area contributed by atoms with Crippen LogP contribution >= 0.6 is 0 Å². The first-order valence-corrected chi connectivity index (χ1v) is 2.26. The van der Waals surface area contributed by atoms with Crippen LogP contribution in [-0.2, 0) is 9.53 Å². The average molecular weight is 160 g/mol. The van der Waals surface area contributed by atoms with Crippen molar-refractivity contribution in [1.82, 2.24) is 0 Å². The Kier molecular flexibility index (Phi) is 7.58. The van der Waals surface area contributed by atoms with E-state index in [0.717, 1.165) is 0 Å². The molecule has 0 saturated heterocycles. The monoisotopic (exact) mass is 160 g/mol. The van der Waals surface area contributed by atoms with E-state index in [9.17, 15) is 13.2 Å². The van der Waals surface area contributed by atoms with Gasteiger partial charge in [0.15, 0.2) is 0 Å². The summed E-state index contributed by atoms with van der Waals surface area (Å²) in [4.78, 5) is 8.36. The third-order valence-corrected chi connectivity index (χ3v) is 0.308. The maximum atomic E-state index is 10.8. The molecule has 0 aromatic heterocycles. The second-order valence-electron chi connectivity index (χ2n) is 0.984.